The topological polar surface area (TPSA) is 64.4 Å². The molecule has 0 saturated heterocycles. The minimum absolute atomic E-state index is 0.0870. The zero-order valence-corrected chi connectivity index (χ0v) is 12.8. The second-order valence-electron chi connectivity index (χ2n) is 4.57. The van der Waals surface area contributed by atoms with Crippen LogP contribution in [-0.4, -0.2) is 30.6 Å². The molecule has 0 spiro atoms. The summed E-state index contributed by atoms with van der Waals surface area (Å²) in [6.45, 7) is -1.04. The highest BCUT2D eigenvalue weighted by atomic mass is 32.2. The number of carbonyl (C=O) groups excluding carboxylic acids is 1. The Hall–Kier alpha value is -1.34. The van der Waals surface area contributed by atoms with Gasteiger partial charge in [-0.15, -0.1) is 0 Å². The summed E-state index contributed by atoms with van der Waals surface area (Å²) < 4.78 is 28.4. The average molecular weight is 318 g/mol. The number of halogens is 2. The van der Waals surface area contributed by atoms with Crippen LogP contribution in [0.4, 0.5) is 8.78 Å². The highest BCUT2D eigenvalue weighted by Gasteiger charge is 2.16. The van der Waals surface area contributed by atoms with E-state index in [0.717, 1.165) is 11.3 Å². The van der Waals surface area contributed by atoms with Crippen LogP contribution in [0.25, 0.3) is 0 Å². The Morgan fingerprint density at radius 1 is 1.38 bits per heavy atom. The van der Waals surface area contributed by atoms with Crippen LogP contribution in [0.2, 0.25) is 0 Å². The highest BCUT2D eigenvalue weighted by molar-refractivity contribution is 7.98. The van der Waals surface area contributed by atoms with Crippen LogP contribution in [-0.2, 0) is 4.79 Å². The molecule has 118 valence electrons. The number of hydrogen-bond donors (Lipinski definition) is 2. The zero-order chi connectivity index (χ0) is 15.8. The molecular weight excluding hydrogens is 298 g/mol. The lowest BCUT2D eigenvalue weighted by molar-refractivity contribution is -0.123. The van der Waals surface area contributed by atoms with Crippen LogP contribution in [0, 0.1) is 0 Å². The lowest BCUT2D eigenvalue weighted by atomic mass is 10.1. The molecule has 2 unspecified atom stereocenters. The molecule has 1 amide bonds. The number of rotatable bonds is 8. The molecule has 3 N–H and O–H groups in total. The molecule has 0 heterocycles. The normalized spacial score (nSPS) is 13.8. The summed E-state index contributed by atoms with van der Waals surface area (Å²) in [5.41, 5.74) is 6.57. The smallest absolute Gasteiger partial charge is 0.387 e. The Labute approximate surface area is 127 Å². The number of nitrogens with two attached hydrogens (primary N) is 1. The average Bonchev–Trinajstić information content (AvgIpc) is 2.44. The van der Waals surface area contributed by atoms with Crippen LogP contribution in [0.3, 0.4) is 0 Å². The Morgan fingerprint density at radius 3 is 2.52 bits per heavy atom. The van der Waals surface area contributed by atoms with Gasteiger partial charge >= 0.3 is 6.61 Å². The molecule has 21 heavy (non-hydrogen) atoms. The van der Waals surface area contributed by atoms with E-state index in [1.807, 2.05) is 13.2 Å². The maximum Gasteiger partial charge on any atom is 0.387 e. The van der Waals surface area contributed by atoms with E-state index in [0.29, 0.717) is 6.42 Å². The number of alkyl halides is 2. The molecule has 0 radical (unpaired) electrons. The number of nitrogens with one attached hydrogen (secondary N) is 1. The van der Waals surface area contributed by atoms with E-state index in [2.05, 4.69) is 10.1 Å². The first-order valence-electron chi connectivity index (χ1n) is 6.53. The van der Waals surface area contributed by atoms with E-state index in [9.17, 15) is 13.6 Å². The number of ether oxygens (including phenoxy) is 1. The lowest BCUT2D eigenvalue weighted by Gasteiger charge is -2.18. The quantitative estimate of drug-likeness (QED) is 0.773. The van der Waals surface area contributed by atoms with Crippen molar-refractivity contribution in [2.24, 2.45) is 5.73 Å². The van der Waals surface area contributed by atoms with Gasteiger partial charge < -0.3 is 15.8 Å². The fourth-order valence-electron chi connectivity index (χ4n) is 1.72. The summed E-state index contributed by atoms with van der Waals surface area (Å²) >= 11 is 1.63. The van der Waals surface area contributed by atoms with Gasteiger partial charge in [0.15, 0.2) is 0 Å². The maximum atomic E-state index is 12.0. The molecular formula is C14H20F2N2O2S. The number of amides is 1. The van der Waals surface area contributed by atoms with E-state index < -0.39 is 12.7 Å². The Morgan fingerprint density at radius 2 is 2.00 bits per heavy atom. The van der Waals surface area contributed by atoms with E-state index in [1.54, 1.807) is 23.9 Å². The third-order valence-electron chi connectivity index (χ3n) is 2.93. The Balaban J connectivity index is 2.54. The summed E-state index contributed by atoms with van der Waals surface area (Å²) in [5, 5.41) is 2.80. The SMILES string of the molecule is CSCCC(N)C(=O)NC(C)c1ccc(OC(F)F)cc1. The van der Waals surface area contributed by atoms with Crippen molar-refractivity contribution in [3.63, 3.8) is 0 Å². The van der Waals surface area contributed by atoms with Crippen LogP contribution in [0.5, 0.6) is 5.75 Å². The van der Waals surface area contributed by atoms with Gasteiger partial charge in [0.2, 0.25) is 5.91 Å². The third-order valence-corrected chi connectivity index (χ3v) is 3.58. The van der Waals surface area contributed by atoms with Gasteiger partial charge in [-0.2, -0.15) is 20.5 Å². The predicted molar refractivity (Wildman–Crippen MR) is 80.6 cm³/mol. The van der Waals surface area contributed by atoms with Gasteiger partial charge in [-0.05, 0) is 43.0 Å². The van der Waals surface area contributed by atoms with E-state index in [-0.39, 0.29) is 17.7 Å². The fraction of sp³-hybridized carbons (Fsp3) is 0.500. The van der Waals surface area contributed by atoms with E-state index in [1.165, 1.54) is 12.1 Å². The van der Waals surface area contributed by atoms with Crippen molar-refractivity contribution in [1.29, 1.82) is 0 Å². The molecule has 1 aromatic rings. The van der Waals surface area contributed by atoms with Crippen molar-refractivity contribution in [1.82, 2.24) is 5.32 Å². The van der Waals surface area contributed by atoms with Crippen molar-refractivity contribution >= 4 is 17.7 Å². The van der Waals surface area contributed by atoms with Gasteiger partial charge in [0.05, 0.1) is 12.1 Å². The summed E-state index contributed by atoms with van der Waals surface area (Å²) in [7, 11) is 0. The molecule has 2 atom stereocenters. The summed E-state index contributed by atoms with van der Waals surface area (Å²) in [5.74, 6) is 0.691. The highest BCUT2D eigenvalue weighted by Crippen LogP contribution is 2.19. The first-order valence-corrected chi connectivity index (χ1v) is 7.93. The molecule has 0 bridgehead atoms. The van der Waals surface area contributed by atoms with E-state index in [4.69, 9.17) is 5.73 Å². The predicted octanol–water partition coefficient (Wildman–Crippen LogP) is 2.55. The molecule has 1 rings (SSSR count). The lowest BCUT2D eigenvalue weighted by Crippen LogP contribution is -2.41. The third kappa shape index (κ3) is 6.31. The van der Waals surface area contributed by atoms with Crippen LogP contribution in [0.1, 0.15) is 24.9 Å². The largest absolute Gasteiger partial charge is 0.435 e. The van der Waals surface area contributed by atoms with Crippen molar-refractivity contribution < 1.29 is 18.3 Å². The molecule has 1 aromatic carbocycles. The number of benzene rings is 1. The van der Waals surface area contributed by atoms with Gasteiger partial charge in [0, 0.05) is 0 Å². The molecule has 4 nitrogen and oxygen atoms in total. The first-order chi connectivity index (χ1) is 9.93. The minimum atomic E-state index is -2.84. The molecule has 0 aromatic heterocycles. The van der Waals surface area contributed by atoms with Crippen molar-refractivity contribution in [2.45, 2.75) is 32.0 Å². The van der Waals surface area contributed by atoms with Crippen LogP contribution < -0.4 is 15.8 Å². The monoisotopic (exact) mass is 318 g/mol. The molecule has 0 fully saturated rings. The second kappa shape index (κ2) is 8.84. The molecule has 0 saturated carbocycles. The molecule has 7 heteroatoms. The van der Waals surface area contributed by atoms with Crippen molar-refractivity contribution in [3.05, 3.63) is 29.8 Å². The molecule has 0 aliphatic heterocycles. The summed E-state index contributed by atoms with van der Waals surface area (Å²) in [6, 6.07) is 5.36. The van der Waals surface area contributed by atoms with Gasteiger partial charge in [-0.25, -0.2) is 0 Å². The number of thioether (sulfide) groups is 1. The number of hydrogen-bond acceptors (Lipinski definition) is 4. The first kappa shape index (κ1) is 17.7. The van der Waals surface area contributed by atoms with Gasteiger partial charge in [-0.3, -0.25) is 4.79 Å². The van der Waals surface area contributed by atoms with Crippen LogP contribution in [0.15, 0.2) is 24.3 Å². The second-order valence-corrected chi connectivity index (χ2v) is 5.55. The minimum Gasteiger partial charge on any atom is -0.435 e. The van der Waals surface area contributed by atoms with Gasteiger partial charge in [-0.1, -0.05) is 12.1 Å². The standard InChI is InChI=1S/C14H20F2N2O2S/c1-9(18-13(19)12(17)7-8-21-2)10-3-5-11(6-4-10)20-14(15)16/h3-6,9,12,14H,7-8,17H2,1-2H3,(H,18,19). The fourth-order valence-corrected chi connectivity index (χ4v) is 2.21. The van der Waals surface area contributed by atoms with Crippen LogP contribution >= 0.6 is 11.8 Å². The molecule has 0 aliphatic carbocycles. The zero-order valence-electron chi connectivity index (χ0n) is 12.0. The van der Waals surface area contributed by atoms with E-state index >= 15 is 0 Å². The Bertz CT molecular complexity index is 443. The Kier molecular flexibility index (Phi) is 7.45. The summed E-state index contributed by atoms with van der Waals surface area (Å²) in [4.78, 5) is 11.9. The maximum absolute atomic E-state index is 12.0. The van der Waals surface area contributed by atoms with Crippen molar-refractivity contribution in [3.8, 4) is 5.75 Å². The molecule has 0 aliphatic rings. The van der Waals surface area contributed by atoms with Gasteiger partial charge in [0.1, 0.15) is 5.75 Å². The summed E-state index contributed by atoms with van der Waals surface area (Å²) in [6.07, 6.45) is 2.57. The van der Waals surface area contributed by atoms with Gasteiger partial charge in [0.25, 0.3) is 0 Å². The number of carbonyl (C=O) groups is 1. The van der Waals surface area contributed by atoms with Crippen molar-refractivity contribution in [2.75, 3.05) is 12.0 Å².